The van der Waals surface area contributed by atoms with Gasteiger partial charge in [0.1, 0.15) is 0 Å². The Morgan fingerprint density at radius 2 is 2.00 bits per heavy atom. The number of hydrogen-bond donors (Lipinski definition) is 1. The smallest absolute Gasteiger partial charge is 0.0904 e. The predicted octanol–water partition coefficient (Wildman–Crippen LogP) is 0.480. The number of ether oxygens (including phenoxy) is 1. The van der Waals surface area contributed by atoms with Gasteiger partial charge in [0, 0.05) is 20.2 Å². The number of rotatable bonds is 3. The van der Waals surface area contributed by atoms with Crippen LogP contribution in [0.4, 0.5) is 0 Å². The molecule has 1 fully saturated rings. The van der Waals surface area contributed by atoms with Crippen LogP contribution in [-0.4, -0.2) is 49.0 Å². The van der Waals surface area contributed by atoms with Crippen molar-refractivity contribution in [2.45, 2.75) is 25.4 Å². The number of aliphatic hydroxyl groups is 1. The second-order valence-electron chi connectivity index (χ2n) is 3.59. The Bertz CT molecular complexity index is 130. The van der Waals surface area contributed by atoms with Crippen LogP contribution < -0.4 is 0 Å². The summed E-state index contributed by atoms with van der Waals surface area (Å²) in [6.45, 7) is 5.71. The van der Waals surface area contributed by atoms with Crippen molar-refractivity contribution >= 4 is 0 Å². The molecule has 1 heterocycles. The molecule has 72 valence electrons. The van der Waals surface area contributed by atoms with E-state index in [9.17, 15) is 5.11 Å². The lowest BCUT2D eigenvalue weighted by atomic mass is 9.92. The van der Waals surface area contributed by atoms with E-state index in [0.717, 1.165) is 32.5 Å². The highest BCUT2D eigenvalue weighted by Crippen LogP contribution is 2.21. The Labute approximate surface area is 74.3 Å². The van der Waals surface area contributed by atoms with Crippen LogP contribution in [0.2, 0.25) is 0 Å². The molecule has 1 rings (SSSR count). The zero-order chi connectivity index (χ0) is 9.03. The molecule has 0 radical (unpaired) electrons. The van der Waals surface area contributed by atoms with Crippen molar-refractivity contribution in [2.75, 3.05) is 33.4 Å². The van der Waals surface area contributed by atoms with Crippen LogP contribution in [0, 0.1) is 0 Å². The Kier molecular flexibility index (Phi) is 3.50. The van der Waals surface area contributed by atoms with Crippen LogP contribution in [0.5, 0.6) is 0 Å². The molecule has 0 saturated carbocycles. The molecule has 0 bridgehead atoms. The molecule has 1 saturated heterocycles. The maximum absolute atomic E-state index is 9.93. The lowest BCUT2D eigenvalue weighted by Crippen LogP contribution is -2.46. The minimum absolute atomic E-state index is 0.477. The fourth-order valence-electron chi connectivity index (χ4n) is 1.70. The first kappa shape index (κ1) is 9.96. The first-order valence-corrected chi connectivity index (χ1v) is 4.64. The summed E-state index contributed by atoms with van der Waals surface area (Å²) in [5, 5.41) is 9.93. The van der Waals surface area contributed by atoms with E-state index < -0.39 is 5.60 Å². The summed E-state index contributed by atoms with van der Waals surface area (Å²) in [6.07, 6.45) is 1.68. The first-order chi connectivity index (χ1) is 5.70. The second kappa shape index (κ2) is 4.21. The maximum Gasteiger partial charge on any atom is 0.0904 e. The predicted molar refractivity (Wildman–Crippen MR) is 48.2 cm³/mol. The molecule has 3 nitrogen and oxygen atoms in total. The van der Waals surface area contributed by atoms with E-state index in [4.69, 9.17) is 4.74 Å². The highest BCUT2D eigenvalue weighted by atomic mass is 16.5. The van der Waals surface area contributed by atoms with Gasteiger partial charge in [-0.25, -0.2) is 0 Å². The molecule has 0 aliphatic carbocycles. The van der Waals surface area contributed by atoms with E-state index in [-0.39, 0.29) is 0 Å². The standard InChI is InChI=1S/C9H19NO2/c1-3-10-6-4-9(11,5-7-10)8-12-2/h11H,3-8H2,1-2H3. The van der Waals surface area contributed by atoms with E-state index in [2.05, 4.69) is 11.8 Å². The fourth-order valence-corrected chi connectivity index (χ4v) is 1.70. The quantitative estimate of drug-likeness (QED) is 0.674. The van der Waals surface area contributed by atoms with Gasteiger partial charge in [0.25, 0.3) is 0 Å². The van der Waals surface area contributed by atoms with Crippen molar-refractivity contribution in [3.05, 3.63) is 0 Å². The van der Waals surface area contributed by atoms with Crippen LogP contribution in [0.3, 0.4) is 0 Å². The van der Waals surface area contributed by atoms with Gasteiger partial charge in [0.15, 0.2) is 0 Å². The van der Waals surface area contributed by atoms with Crippen LogP contribution in [0.1, 0.15) is 19.8 Å². The summed E-state index contributed by atoms with van der Waals surface area (Å²) in [6, 6.07) is 0. The van der Waals surface area contributed by atoms with Crippen LogP contribution in [0.15, 0.2) is 0 Å². The van der Waals surface area contributed by atoms with Crippen LogP contribution in [-0.2, 0) is 4.74 Å². The van der Waals surface area contributed by atoms with Gasteiger partial charge in [0.2, 0.25) is 0 Å². The first-order valence-electron chi connectivity index (χ1n) is 4.64. The van der Waals surface area contributed by atoms with Crippen molar-refractivity contribution in [2.24, 2.45) is 0 Å². The van der Waals surface area contributed by atoms with Gasteiger partial charge in [-0.15, -0.1) is 0 Å². The minimum atomic E-state index is -0.555. The van der Waals surface area contributed by atoms with Gasteiger partial charge in [0.05, 0.1) is 12.2 Å². The minimum Gasteiger partial charge on any atom is -0.387 e. The number of piperidine rings is 1. The molecule has 0 aromatic carbocycles. The van der Waals surface area contributed by atoms with Gasteiger partial charge in [-0.1, -0.05) is 6.92 Å². The van der Waals surface area contributed by atoms with E-state index in [1.807, 2.05) is 0 Å². The average Bonchev–Trinajstić information content (AvgIpc) is 2.06. The third-order valence-corrected chi connectivity index (χ3v) is 2.65. The third kappa shape index (κ3) is 2.44. The lowest BCUT2D eigenvalue weighted by molar-refractivity contribution is -0.0700. The molecule has 1 aliphatic rings. The van der Waals surface area contributed by atoms with E-state index in [1.165, 1.54) is 0 Å². The summed E-state index contributed by atoms with van der Waals surface area (Å²) >= 11 is 0. The Morgan fingerprint density at radius 1 is 1.42 bits per heavy atom. The molecule has 0 unspecified atom stereocenters. The molecule has 0 amide bonds. The monoisotopic (exact) mass is 173 g/mol. The molecule has 12 heavy (non-hydrogen) atoms. The summed E-state index contributed by atoms with van der Waals surface area (Å²) in [4.78, 5) is 2.35. The molecule has 0 atom stereocenters. The maximum atomic E-state index is 9.93. The van der Waals surface area contributed by atoms with Gasteiger partial charge in [-0.2, -0.15) is 0 Å². The molecule has 1 aliphatic heterocycles. The van der Waals surface area contributed by atoms with Gasteiger partial charge < -0.3 is 14.7 Å². The topological polar surface area (TPSA) is 32.7 Å². The Morgan fingerprint density at radius 3 is 2.42 bits per heavy atom. The van der Waals surface area contributed by atoms with Gasteiger partial charge in [-0.05, 0) is 19.4 Å². The average molecular weight is 173 g/mol. The summed E-state index contributed by atoms with van der Waals surface area (Å²) in [7, 11) is 1.64. The number of hydrogen-bond acceptors (Lipinski definition) is 3. The molecular weight excluding hydrogens is 154 g/mol. The van der Waals surface area contributed by atoms with Gasteiger partial charge >= 0.3 is 0 Å². The van der Waals surface area contributed by atoms with Crippen molar-refractivity contribution in [3.8, 4) is 0 Å². The highest BCUT2D eigenvalue weighted by Gasteiger charge is 2.31. The van der Waals surface area contributed by atoms with Crippen LogP contribution >= 0.6 is 0 Å². The van der Waals surface area contributed by atoms with E-state index in [1.54, 1.807) is 7.11 Å². The van der Waals surface area contributed by atoms with Crippen molar-refractivity contribution < 1.29 is 9.84 Å². The van der Waals surface area contributed by atoms with Crippen molar-refractivity contribution in [3.63, 3.8) is 0 Å². The molecular formula is C9H19NO2. The lowest BCUT2D eigenvalue weighted by Gasteiger charge is -2.37. The van der Waals surface area contributed by atoms with E-state index in [0.29, 0.717) is 6.61 Å². The SMILES string of the molecule is CCN1CCC(O)(COC)CC1. The summed E-state index contributed by atoms with van der Waals surface area (Å²) < 4.78 is 4.98. The van der Waals surface area contributed by atoms with Gasteiger partial charge in [-0.3, -0.25) is 0 Å². The zero-order valence-corrected chi connectivity index (χ0v) is 8.05. The molecule has 0 aromatic rings. The highest BCUT2D eigenvalue weighted by molar-refractivity contribution is 4.85. The normalized spacial score (nSPS) is 24.2. The number of nitrogens with zero attached hydrogens (tertiary/aromatic N) is 1. The van der Waals surface area contributed by atoms with E-state index >= 15 is 0 Å². The Hall–Kier alpha value is -0.120. The third-order valence-electron chi connectivity index (χ3n) is 2.65. The molecule has 3 heteroatoms. The van der Waals surface area contributed by atoms with Crippen molar-refractivity contribution in [1.29, 1.82) is 0 Å². The largest absolute Gasteiger partial charge is 0.387 e. The van der Waals surface area contributed by atoms with Crippen molar-refractivity contribution in [1.82, 2.24) is 4.90 Å². The zero-order valence-electron chi connectivity index (χ0n) is 8.05. The fraction of sp³-hybridized carbons (Fsp3) is 1.00. The molecule has 0 spiro atoms. The van der Waals surface area contributed by atoms with Crippen LogP contribution in [0.25, 0.3) is 0 Å². The summed E-state index contributed by atoms with van der Waals surface area (Å²) in [5.74, 6) is 0. The summed E-state index contributed by atoms with van der Waals surface area (Å²) in [5.41, 5.74) is -0.555. The number of methoxy groups -OCH3 is 1. The molecule has 1 N–H and O–H groups in total. The second-order valence-corrected chi connectivity index (χ2v) is 3.59. The number of likely N-dealkylation sites (tertiary alicyclic amines) is 1. The Balaban J connectivity index is 2.33. The molecule has 0 aromatic heterocycles.